The number of methoxy groups -OCH3 is 1. The summed E-state index contributed by atoms with van der Waals surface area (Å²) < 4.78 is 10.6. The number of hydrogen-bond acceptors (Lipinski definition) is 4. The summed E-state index contributed by atoms with van der Waals surface area (Å²) in [6.07, 6.45) is 1.69. The molecule has 0 bridgehead atoms. The molecule has 2 aromatic carbocycles. The lowest BCUT2D eigenvalue weighted by Gasteiger charge is -2.09. The molecule has 0 fully saturated rings. The first-order valence-electron chi connectivity index (χ1n) is 7.33. The van der Waals surface area contributed by atoms with E-state index in [1.165, 1.54) is 0 Å². The number of nitrogens with zero attached hydrogens (tertiary/aromatic N) is 1. The SMILES string of the molecule is COc1ccccc1OCC(=O)N/N=C\[C@@H](C)c1ccccc1. The van der Waals surface area contributed by atoms with Gasteiger partial charge in [-0.1, -0.05) is 49.4 Å². The molecular weight excluding hydrogens is 292 g/mol. The Bertz CT molecular complexity index is 656. The lowest BCUT2D eigenvalue weighted by molar-refractivity contribution is -0.123. The molecular formula is C18H20N2O3. The second-order valence-electron chi connectivity index (χ2n) is 4.95. The highest BCUT2D eigenvalue weighted by molar-refractivity contribution is 5.79. The minimum atomic E-state index is -0.326. The fourth-order valence-corrected chi connectivity index (χ4v) is 1.98. The van der Waals surface area contributed by atoms with Gasteiger partial charge in [-0.3, -0.25) is 4.79 Å². The van der Waals surface area contributed by atoms with E-state index in [0.29, 0.717) is 11.5 Å². The van der Waals surface area contributed by atoms with E-state index in [-0.39, 0.29) is 18.4 Å². The van der Waals surface area contributed by atoms with Crippen molar-refractivity contribution in [1.29, 1.82) is 0 Å². The molecule has 5 heteroatoms. The van der Waals surface area contributed by atoms with Gasteiger partial charge in [-0.2, -0.15) is 5.10 Å². The largest absolute Gasteiger partial charge is 0.493 e. The molecule has 2 aromatic rings. The highest BCUT2D eigenvalue weighted by atomic mass is 16.5. The Morgan fingerprint density at radius 2 is 1.78 bits per heavy atom. The number of rotatable bonds is 7. The average molecular weight is 312 g/mol. The van der Waals surface area contributed by atoms with Gasteiger partial charge >= 0.3 is 0 Å². The Labute approximate surface area is 135 Å². The Kier molecular flexibility index (Phi) is 6.17. The van der Waals surface area contributed by atoms with Crippen LogP contribution in [0.2, 0.25) is 0 Å². The zero-order valence-electron chi connectivity index (χ0n) is 13.2. The predicted octanol–water partition coefficient (Wildman–Crippen LogP) is 2.98. The minimum absolute atomic E-state index is 0.117. The molecule has 1 amide bonds. The Hall–Kier alpha value is -2.82. The van der Waals surface area contributed by atoms with Crippen molar-refractivity contribution in [1.82, 2.24) is 5.43 Å². The Morgan fingerprint density at radius 3 is 2.48 bits per heavy atom. The summed E-state index contributed by atoms with van der Waals surface area (Å²) in [5.41, 5.74) is 3.59. The van der Waals surface area contributed by atoms with E-state index in [1.54, 1.807) is 25.5 Å². The van der Waals surface area contributed by atoms with Gasteiger partial charge < -0.3 is 9.47 Å². The lowest BCUT2D eigenvalue weighted by Crippen LogP contribution is -2.25. The van der Waals surface area contributed by atoms with Gasteiger partial charge in [-0.15, -0.1) is 0 Å². The molecule has 0 aliphatic rings. The van der Waals surface area contributed by atoms with Crippen LogP contribution in [-0.2, 0) is 4.79 Å². The molecule has 0 aliphatic carbocycles. The number of benzene rings is 2. The zero-order valence-corrected chi connectivity index (χ0v) is 13.2. The van der Waals surface area contributed by atoms with Crippen molar-refractivity contribution in [3.63, 3.8) is 0 Å². The molecule has 0 heterocycles. The second kappa shape index (κ2) is 8.58. The van der Waals surface area contributed by atoms with Crippen molar-refractivity contribution < 1.29 is 14.3 Å². The summed E-state index contributed by atoms with van der Waals surface area (Å²) in [6.45, 7) is 1.88. The Balaban J connectivity index is 1.80. The van der Waals surface area contributed by atoms with E-state index >= 15 is 0 Å². The molecule has 5 nitrogen and oxygen atoms in total. The number of carbonyl (C=O) groups is 1. The van der Waals surface area contributed by atoms with Gasteiger partial charge in [0.1, 0.15) is 0 Å². The standard InChI is InChI=1S/C18H20N2O3/c1-14(15-8-4-3-5-9-15)12-19-20-18(21)13-23-17-11-7-6-10-16(17)22-2/h3-12,14H,13H2,1-2H3,(H,20,21)/b19-12-/t14-/m1/s1. The van der Waals surface area contributed by atoms with E-state index in [1.807, 2.05) is 49.4 Å². The molecule has 0 spiro atoms. The van der Waals surface area contributed by atoms with Crippen LogP contribution in [0, 0.1) is 0 Å². The first-order chi connectivity index (χ1) is 11.2. The van der Waals surface area contributed by atoms with E-state index in [9.17, 15) is 4.79 Å². The second-order valence-corrected chi connectivity index (χ2v) is 4.95. The molecule has 0 aromatic heterocycles. The first-order valence-corrected chi connectivity index (χ1v) is 7.33. The first kappa shape index (κ1) is 16.5. The average Bonchev–Trinajstić information content (AvgIpc) is 2.60. The molecule has 23 heavy (non-hydrogen) atoms. The van der Waals surface area contributed by atoms with Crippen LogP contribution in [0.3, 0.4) is 0 Å². The summed E-state index contributed by atoms with van der Waals surface area (Å²) in [4.78, 5) is 11.7. The van der Waals surface area contributed by atoms with Crippen molar-refractivity contribution in [2.45, 2.75) is 12.8 Å². The molecule has 0 radical (unpaired) electrons. The number of ether oxygens (including phenoxy) is 2. The maximum absolute atomic E-state index is 11.7. The van der Waals surface area contributed by atoms with Crippen LogP contribution in [0.1, 0.15) is 18.4 Å². The van der Waals surface area contributed by atoms with Crippen LogP contribution in [0.15, 0.2) is 59.7 Å². The molecule has 0 unspecified atom stereocenters. The summed E-state index contributed by atoms with van der Waals surface area (Å²) in [6, 6.07) is 17.1. The van der Waals surface area contributed by atoms with Gasteiger partial charge in [0.15, 0.2) is 18.1 Å². The van der Waals surface area contributed by atoms with Gasteiger partial charge in [-0.25, -0.2) is 5.43 Å². The smallest absolute Gasteiger partial charge is 0.277 e. The topological polar surface area (TPSA) is 59.9 Å². The predicted molar refractivity (Wildman–Crippen MR) is 90.0 cm³/mol. The quantitative estimate of drug-likeness (QED) is 0.631. The molecule has 120 valence electrons. The molecule has 0 aliphatic heterocycles. The lowest BCUT2D eigenvalue weighted by atomic mass is 10.0. The third-order valence-corrected chi connectivity index (χ3v) is 3.24. The number of carbonyl (C=O) groups excluding carboxylic acids is 1. The zero-order chi connectivity index (χ0) is 16.5. The third-order valence-electron chi connectivity index (χ3n) is 3.24. The van der Waals surface area contributed by atoms with Gasteiger partial charge in [-0.05, 0) is 17.7 Å². The van der Waals surface area contributed by atoms with Crippen molar-refractivity contribution in [2.24, 2.45) is 5.10 Å². The van der Waals surface area contributed by atoms with E-state index in [2.05, 4.69) is 10.5 Å². The van der Waals surface area contributed by atoms with Crippen LogP contribution in [0.5, 0.6) is 11.5 Å². The van der Waals surface area contributed by atoms with Crippen molar-refractivity contribution in [3.05, 3.63) is 60.2 Å². The summed E-state index contributed by atoms with van der Waals surface area (Å²) in [5, 5.41) is 3.97. The third kappa shape index (κ3) is 5.14. The number of para-hydroxylation sites is 2. The van der Waals surface area contributed by atoms with Gasteiger partial charge in [0.25, 0.3) is 5.91 Å². The van der Waals surface area contributed by atoms with Crippen molar-refractivity contribution in [2.75, 3.05) is 13.7 Å². The fourth-order valence-electron chi connectivity index (χ4n) is 1.98. The maximum Gasteiger partial charge on any atom is 0.277 e. The van der Waals surface area contributed by atoms with Crippen LogP contribution in [-0.4, -0.2) is 25.8 Å². The van der Waals surface area contributed by atoms with E-state index in [4.69, 9.17) is 9.47 Å². The number of amides is 1. The molecule has 2 rings (SSSR count). The normalized spacial score (nSPS) is 11.9. The van der Waals surface area contributed by atoms with Gasteiger partial charge in [0.05, 0.1) is 7.11 Å². The molecule has 0 saturated heterocycles. The summed E-state index contributed by atoms with van der Waals surface area (Å²) >= 11 is 0. The monoisotopic (exact) mass is 312 g/mol. The summed E-state index contributed by atoms with van der Waals surface area (Å²) in [7, 11) is 1.55. The maximum atomic E-state index is 11.7. The van der Waals surface area contributed by atoms with Gasteiger partial charge in [0, 0.05) is 12.1 Å². The minimum Gasteiger partial charge on any atom is -0.493 e. The van der Waals surface area contributed by atoms with Gasteiger partial charge in [0.2, 0.25) is 0 Å². The van der Waals surface area contributed by atoms with E-state index in [0.717, 1.165) is 5.56 Å². The molecule has 1 N–H and O–H groups in total. The highest BCUT2D eigenvalue weighted by Crippen LogP contribution is 2.25. The molecule has 0 saturated carbocycles. The number of hydrogen-bond donors (Lipinski definition) is 1. The van der Waals surface area contributed by atoms with Crippen LogP contribution < -0.4 is 14.9 Å². The fraction of sp³-hybridized carbons (Fsp3) is 0.222. The van der Waals surface area contributed by atoms with Crippen LogP contribution in [0.25, 0.3) is 0 Å². The summed E-state index contributed by atoms with van der Waals surface area (Å²) in [5.74, 6) is 0.896. The number of nitrogens with one attached hydrogen (secondary N) is 1. The molecule has 1 atom stereocenters. The highest BCUT2D eigenvalue weighted by Gasteiger charge is 2.06. The number of hydrazone groups is 1. The van der Waals surface area contributed by atoms with Crippen LogP contribution >= 0.6 is 0 Å². The van der Waals surface area contributed by atoms with Crippen molar-refractivity contribution in [3.8, 4) is 11.5 Å². The Morgan fingerprint density at radius 1 is 1.13 bits per heavy atom. The van der Waals surface area contributed by atoms with Crippen molar-refractivity contribution >= 4 is 12.1 Å². The van der Waals surface area contributed by atoms with Crippen LogP contribution in [0.4, 0.5) is 0 Å². The van der Waals surface area contributed by atoms with E-state index < -0.39 is 0 Å².